The highest BCUT2D eigenvalue weighted by Crippen LogP contribution is 2.19. The van der Waals surface area contributed by atoms with Crippen molar-refractivity contribution in [3.63, 3.8) is 0 Å². The Hall–Kier alpha value is -2.87. The van der Waals surface area contributed by atoms with Gasteiger partial charge >= 0.3 is 0 Å². The first-order valence-electron chi connectivity index (χ1n) is 9.03. The van der Waals surface area contributed by atoms with Crippen LogP contribution in [-0.2, 0) is 16.0 Å². The van der Waals surface area contributed by atoms with Gasteiger partial charge in [-0.2, -0.15) is 5.10 Å². The molecular weight excluding hydrogens is 348 g/mol. The number of aromatic amines is 1. The van der Waals surface area contributed by atoms with Crippen LogP contribution in [0.1, 0.15) is 35.2 Å². The van der Waals surface area contributed by atoms with Crippen molar-refractivity contribution in [3.8, 4) is 5.75 Å². The van der Waals surface area contributed by atoms with E-state index in [-0.39, 0.29) is 18.1 Å². The maximum atomic E-state index is 12.3. The van der Waals surface area contributed by atoms with Gasteiger partial charge in [-0.15, -0.1) is 0 Å². The molecule has 1 fully saturated rings. The van der Waals surface area contributed by atoms with E-state index < -0.39 is 5.91 Å². The molecule has 0 bridgehead atoms. The van der Waals surface area contributed by atoms with Crippen LogP contribution in [0.25, 0.3) is 0 Å². The van der Waals surface area contributed by atoms with Crippen LogP contribution in [0.4, 0.5) is 0 Å². The number of nitrogens with one attached hydrogen (secondary N) is 2. The van der Waals surface area contributed by atoms with Crippen molar-refractivity contribution in [3.05, 3.63) is 47.8 Å². The summed E-state index contributed by atoms with van der Waals surface area (Å²) in [5.74, 6) is 0.126. The predicted molar refractivity (Wildman–Crippen MR) is 98.3 cm³/mol. The van der Waals surface area contributed by atoms with E-state index in [1.54, 1.807) is 30.5 Å². The van der Waals surface area contributed by atoms with Crippen LogP contribution < -0.4 is 15.8 Å². The summed E-state index contributed by atoms with van der Waals surface area (Å²) in [6.07, 6.45) is 6.03. The number of amides is 2. The molecular formula is C19H24N4O4. The van der Waals surface area contributed by atoms with Gasteiger partial charge in [0.2, 0.25) is 11.8 Å². The van der Waals surface area contributed by atoms with Gasteiger partial charge in [-0.05, 0) is 49.1 Å². The lowest BCUT2D eigenvalue weighted by Gasteiger charge is -2.32. The van der Waals surface area contributed by atoms with Gasteiger partial charge in [-0.3, -0.25) is 14.7 Å². The van der Waals surface area contributed by atoms with Gasteiger partial charge in [-0.1, -0.05) is 0 Å². The van der Waals surface area contributed by atoms with Gasteiger partial charge in [0.25, 0.3) is 0 Å². The molecule has 27 heavy (non-hydrogen) atoms. The summed E-state index contributed by atoms with van der Waals surface area (Å²) >= 11 is 0. The van der Waals surface area contributed by atoms with Gasteiger partial charge in [0.15, 0.2) is 0 Å². The van der Waals surface area contributed by atoms with Crippen LogP contribution >= 0.6 is 0 Å². The summed E-state index contributed by atoms with van der Waals surface area (Å²) in [5, 5.41) is 9.72. The van der Waals surface area contributed by atoms with Crippen molar-refractivity contribution < 1.29 is 19.1 Å². The van der Waals surface area contributed by atoms with Crippen molar-refractivity contribution in [2.75, 3.05) is 13.2 Å². The van der Waals surface area contributed by atoms with Gasteiger partial charge in [-0.25, -0.2) is 0 Å². The van der Waals surface area contributed by atoms with Crippen molar-refractivity contribution in [1.82, 2.24) is 15.5 Å². The lowest BCUT2D eigenvalue weighted by atomic mass is 10.0. The average Bonchev–Trinajstić information content (AvgIpc) is 3.17. The van der Waals surface area contributed by atoms with E-state index in [0.717, 1.165) is 18.4 Å². The fourth-order valence-corrected chi connectivity index (χ4v) is 3.01. The second-order valence-corrected chi connectivity index (χ2v) is 6.54. The monoisotopic (exact) mass is 372 g/mol. The Kier molecular flexibility index (Phi) is 6.43. The molecule has 1 aliphatic heterocycles. The fraction of sp³-hybridized carbons (Fsp3) is 0.421. The number of hydrogen-bond acceptors (Lipinski definition) is 5. The van der Waals surface area contributed by atoms with Crippen molar-refractivity contribution >= 4 is 11.8 Å². The molecule has 4 N–H and O–H groups in total. The van der Waals surface area contributed by atoms with E-state index in [2.05, 4.69) is 15.5 Å². The molecule has 2 heterocycles. The highest BCUT2D eigenvalue weighted by Gasteiger charge is 2.28. The number of aryl methyl sites for hydroxylation is 1. The lowest BCUT2D eigenvalue weighted by Crippen LogP contribution is -2.51. The van der Waals surface area contributed by atoms with Crippen molar-refractivity contribution in [2.24, 2.45) is 5.73 Å². The number of H-pyrrole nitrogens is 1. The van der Waals surface area contributed by atoms with E-state index in [4.69, 9.17) is 15.2 Å². The Morgan fingerprint density at radius 1 is 1.33 bits per heavy atom. The number of nitrogens with two attached hydrogens (primary N) is 1. The molecule has 1 aromatic heterocycles. The number of nitrogens with zero attached hydrogens (tertiary/aromatic N) is 1. The summed E-state index contributed by atoms with van der Waals surface area (Å²) in [6, 6.07) is 6.50. The molecule has 0 spiro atoms. The fourth-order valence-electron chi connectivity index (χ4n) is 3.01. The van der Waals surface area contributed by atoms with E-state index in [1.807, 2.05) is 6.20 Å². The zero-order valence-corrected chi connectivity index (χ0v) is 15.0. The summed E-state index contributed by atoms with van der Waals surface area (Å²) in [7, 11) is 0. The molecule has 2 aromatic rings. The Morgan fingerprint density at radius 3 is 2.85 bits per heavy atom. The van der Waals surface area contributed by atoms with Crippen LogP contribution in [-0.4, -0.2) is 47.4 Å². The first kappa shape index (κ1) is 18.9. The number of carbonyl (C=O) groups excluding carboxylic acids is 2. The van der Waals surface area contributed by atoms with Crippen LogP contribution in [0.3, 0.4) is 0 Å². The number of rotatable bonds is 8. The van der Waals surface area contributed by atoms with E-state index in [0.29, 0.717) is 37.4 Å². The SMILES string of the molecule is NC(=O)c1ccc(OC2COCCC2NC(=O)CCCc2cn[nH]c2)cc1. The maximum Gasteiger partial charge on any atom is 0.248 e. The lowest BCUT2D eigenvalue weighted by molar-refractivity contribution is -0.124. The number of benzene rings is 1. The summed E-state index contributed by atoms with van der Waals surface area (Å²) in [6.45, 7) is 0.984. The second-order valence-electron chi connectivity index (χ2n) is 6.54. The van der Waals surface area contributed by atoms with Crippen LogP contribution in [0, 0.1) is 0 Å². The largest absolute Gasteiger partial charge is 0.486 e. The highest BCUT2D eigenvalue weighted by atomic mass is 16.5. The molecule has 1 saturated heterocycles. The number of carbonyl (C=O) groups is 2. The van der Waals surface area contributed by atoms with E-state index >= 15 is 0 Å². The molecule has 0 radical (unpaired) electrons. The third-order valence-corrected chi connectivity index (χ3v) is 4.50. The molecule has 144 valence electrons. The molecule has 8 heteroatoms. The molecule has 1 aromatic carbocycles. The molecule has 8 nitrogen and oxygen atoms in total. The topological polar surface area (TPSA) is 119 Å². The minimum absolute atomic E-state index is 0.00284. The zero-order chi connectivity index (χ0) is 19.1. The summed E-state index contributed by atoms with van der Waals surface area (Å²) in [4.78, 5) is 23.4. The second kappa shape index (κ2) is 9.18. The predicted octanol–water partition coefficient (Wildman–Crippen LogP) is 1.18. The Bertz CT molecular complexity index is 746. The molecule has 2 amide bonds. The van der Waals surface area contributed by atoms with Crippen LogP contribution in [0.5, 0.6) is 5.75 Å². The number of hydrogen-bond donors (Lipinski definition) is 3. The smallest absolute Gasteiger partial charge is 0.248 e. The zero-order valence-electron chi connectivity index (χ0n) is 15.0. The van der Waals surface area contributed by atoms with Gasteiger partial charge in [0.1, 0.15) is 11.9 Å². The minimum Gasteiger partial charge on any atom is -0.486 e. The first-order chi connectivity index (χ1) is 13.1. The van der Waals surface area contributed by atoms with Crippen LogP contribution in [0.15, 0.2) is 36.7 Å². The Morgan fingerprint density at radius 2 is 2.15 bits per heavy atom. The molecule has 0 saturated carbocycles. The quantitative estimate of drug-likeness (QED) is 0.643. The standard InChI is InChI=1S/C19H24N4O4/c20-19(25)14-4-6-15(7-5-14)27-17-12-26-9-8-16(17)23-18(24)3-1-2-13-10-21-22-11-13/h4-7,10-11,16-17H,1-3,8-9,12H2,(H2,20,25)(H,21,22)(H,23,24). The molecule has 2 unspecified atom stereocenters. The molecule has 1 aliphatic rings. The third kappa shape index (κ3) is 5.55. The normalized spacial score (nSPS) is 19.4. The van der Waals surface area contributed by atoms with E-state index in [1.165, 1.54) is 0 Å². The number of aromatic nitrogens is 2. The first-order valence-corrected chi connectivity index (χ1v) is 9.03. The summed E-state index contributed by atoms with van der Waals surface area (Å²) < 4.78 is 11.5. The minimum atomic E-state index is -0.483. The van der Waals surface area contributed by atoms with Gasteiger partial charge in [0.05, 0.1) is 18.8 Å². The number of ether oxygens (including phenoxy) is 2. The van der Waals surface area contributed by atoms with Gasteiger partial charge < -0.3 is 20.5 Å². The Balaban J connectivity index is 1.50. The average molecular weight is 372 g/mol. The molecule has 0 aliphatic carbocycles. The van der Waals surface area contributed by atoms with E-state index in [9.17, 15) is 9.59 Å². The van der Waals surface area contributed by atoms with Crippen molar-refractivity contribution in [1.29, 1.82) is 0 Å². The van der Waals surface area contributed by atoms with Gasteiger partial charge in [0, 0.05) is 24.8 Å². The molecule has 2 atom stereocenters. The maximum absolute atomic E-state index is 12.3. The van der Waals surface area contributed by atoms with Crippen LogP contribution in [0.2, 0.25) is 0 Å². The third-order valence-electron chi connectivity index (χ3n) is 4.50. The Labute approximate surface area is 157 Å². The summed E-state index contributed by atoms with van der Waals surface area (Å²) in [5.41, 5.74) is 6.76. The highest BCUT2D eigenvalue weighted by molar-refractivity contribution is 5.92. The number of primary amides is 1. The van der Waals surface area contributed by atoms with Crippen molar-refractivity contribution in [2.45, 2.75) is 37.8 Å². The molecule has 3 rings (SSSR count).